The number of H-pyrrole nitrogens is 1. The van der Waals surface area contributed by atoms with Crippen molar-refractivity contribution < 1.29 is 0 Å². The lowest BCUT2D eigenvalue weighted by atomic mass is 10.3. The first kappa shape index (κ1) is 6.91. The van der Waals surface area contributed by atoms with Crippen molar-refractivity contribution in [3.05, 3.63) is 33.2 Å². The molecule has 1 heterocycles. The van der Waals surface area contributed by atoms with Crippen molar-refractivity contribution >= 4 is 11.6 Å². The van der Waals surface area contributed by atoms with Crippen LogP contribution in [0.5, 0.6) is 0 Å². The Morgan fingerprint density at radius 1 is 1.60 bits per heavy atom. The van der Waals surface area contributed by atoms with Crippen LogP contribution in [0.2, 0.25) is 5.15 Å². The lowest BCUT2D eigenvalue weighted by molar-refractivity contribution is 1.23. The molecule has 1 N–H and O–H groups in total. The summed E-state index contributed by atoms with van der Waals surface area (Å²) in [5, 5.41) is 0.218. The number of pyridine rings is 1. The Morgan fingerprint density at radius 3 is 2.80 bits per heavy atom. The second kappa shape index (κ2) is 2.59. The van der Waals surface area contributed by atoms with E-state index >= 15 is 0 Å². The van der Waals surface area contributed by atoms with Crippen LogP contribution in [0.4, 0.5) is 0 Å². The molecule has 10 heavy (non-hydrogen) atoms. The highest BCUT2D eigenvalue weighted by molar-refractivity contribution is 6.30. The summed E-state index contributed by atoms with van der Waals surface area (Å²) in [6, 6.07) is 2.84. The van der Waals surface area contributed by atoms with E-state index in [4.69, 9.17) is 18.0 Å². The molecule has 0 saturated heterocycles. The van der Waals surface area contributed by atoms with Crippen LogP contribution in [-0.2, 0) is 0 Å². The molecule has 0 bridgehead atoms. The first-order valence-electron chi connectivity index (χ1n) is 2.59. The van der Waals surface area contributed by atoms with Crippen molar-refractivity contribution in [3.63, 3.8) is 0 Å². The van der Waals surface area contributed by atoms with Crippen LogP contribution in [0.25, 0.3) is 0 Å². The van der Waals surface area contributed by atoms with E-state index in [1.807, 2.05) is 0 Å². The van der Waals surface area contributed by atoms with Crippen LogP contribution >= 0.6 is 11.6 Å². The molecule has 1 aromatic rings. The maximum atomic E-state index is 10.5. The topological polar surface area (TPSA) is 32.9 Å². The molecule has 0 amide bonds. The maximum absolute atomic E-state index is 10.5. The van der Waals surface area contributed by atoms with Gasteiger partial charge in [0.25, 0.3) is 0 Å². The van der Waals surface area contributed by atoms with Crippen LogP contribution in [0.3, 0.4) is 0 Å². The highest BCUT2D eigenvalue weighted by Crippen LogP contribution is 2.06. The second-order valence-corrected chi connectivity index (χ2v) is 2.07. The Balaban J connectivity index is 3.37. The van der Waals surface area contributed by atoms with Gasteiger partial charge in [-0.05, 0) is 6.07 Å². The van der Waals surface area contributed by atoms with Gasteiger partial charge in [0.05, 0.1) is 5.56 Å². The summed E-state index contributed by atoms with van der Waals surface area (Å²) < 4.78 is 0. The minimum atomic E-state index is -0.246. The van der Waals surface area contributed by atoms with E-state index < -0.39 is 0 Å². The number of rotatable bonds is 0. The van der Waals surface area contributed by atoms with Gasteiger partial charge in [-0.3, -0.25) is 4.79 Å². The van der Waals surface area contributed by atoms with Crippen molar-refractivity contribution in [3.8, 4) is 12.3 Å². The fraction of sp³-hybridized carbons (Fsp3) is 0. The fourth-order valence-corrected chi connectivity index (χ4v) is 0.772. The quantitative estimate of drug-likeness (QED) is 0.438. The Hall–Kier alpha value is -1.20. The molecule has 0 aliphatic rings. The zero-order valence-electron chi connectivity index (χ0n) is 5.02. The zero-order chi connectivity index (χ0) is 7.56. The Morgan fingerprint density at radius 2 is 2.30 bits per heavy atom. The van der Waals surface area contributed by atoms with Crippen LogP contribution in [0, 0.1) is 12.3 Å². The van der Waals surface area contributed by atoms with E-state index in [9.17, 15) is 4.79 Å². The molecule has 0 saturated carbocycles. The normalized spacial score (nSPS) is 8.80. The highest BCUT2D eigenvalue weighted by atomic mass is 35.5. The maximum Gasteiger partial charge on any atom is 0.249 e. The van der Waals surface area contributed by atoms with Crippen molar-refractivity contribution in [2.24, 2.45) is 0 Å². The van der Waals surface area contributed by atoms with Gasteiger partial charge in [-0.15, -0.1) is 6.42 Å². The summed E-state index contributed by atoms with van der Waals surface area (Å²) in [5.41, 5.74) is 0.255. The molecule has 2 nitrogen and oxygen atoms in total. The Labute approximate surface area is 62.8 Å². The number of nitrogens with one attached hydrogen (secondary N) is 1. The lowest BCUT2D eigenvalue weighted by Crippen LogP contribution is -2.03. The largest absolute Gasteiger partial charge is 0.312 e. The minimum absolute atomic E-state index is 0.218. The van der Waals surface area contributed by atoms with E-state index in [-0.39, 0.29) is 10.7 Å². The Bertz CT molecular complexity index is 334. The van der Waals surface area contributed by atoms with Crippen LogP contribution in [0.15, 0.2) is 16.9 Å². The van der Waals surface area contributed by atoms with Gasteiger partial charge < -0.3 is 4.98 Å². The summed E-state index contributed by atoms with van der Waals surface area (Å²) in [5.74, 6) is 2.32. The predicted octanol–water partition coefficient (Wildman–Crippen LogP) is 1.01. The lowest BCUT2D eigenvalue weighted by Gasteiger charge is -1.91. The van der Waals surface area contributed by atoms with E-state index in [1.54, 1.807) is 0 Å². The first-order valence-corrected chi connectivity index (χ1v) is 2.97. The van der Waals surface area contributed by atoms with Gasteiger partial charge in [0.15, 0.2) is 0 Å². The van der Waals surface area contributed by atoms with Crippen molar-refractivity contribution in [1.82, 2.24) is 4.98 Å². The summed E-state index contributed by atoms with van der Waals surface area (Å²) in [6.45, 7) is 0. The van der Waals surface area contributed by atoms with Gasteiger partial charge in [-0.2, -0.15) is 0 Å². The third-order valence-electron chi connectivity index (χ3n) is 1.03. The molecule has 1 rings (SSSR count). The van der Waals surface area contributed by atoms with E-state index in [2.05, 4.69) is 10.9 Å². The number of aromatic amines is 1. The molecule has 1 aromatic heterocycles. The van der Waals surface area contributed by atoms with Gasteiger partial charge in [0, 0.05) is 6.07 Å². The van der Waals surface area contributed by atoms with Crippen LogP contribution in [-0.4, -0.2) is 4.98 Å². The summed E-state index contributed by atoms with van der Waals surface area (Å²) in [7, 11) is 0. The minimum Gasteiger partial charge on any atom is -0.312 e. The van der Waals surface area contributed by atoms with E-state index in [0.29, 0.717) is 5.56 Å². The van der Waals surface area contributed by atoms with Gasteiger partial charge >= 0.3 is 0 Å². The summed E-state index contributed by atoms with van der Waals surface area (Å²) >= 11 is 5.53. The molecule has 0 aliphatic carbocycles. The SMILES string of the molecule is C#Cc1ccc(=O)[nH]c1Cl. The number of aromatic nitrogens is 1. The standard InChI is InChI=1S/C7H4ClNO/c1-2-5-3-4-6(10)9-7(5)8/h1,3-4H,(H,9,10). The van der Waals surface area contributed by atoms with Crippen molar-refractivity contribution in [1.29, 1.82) is 0 Å². The fourth-order valence-electron chi connectivity index (χ4n) is 0.561. The molecule has 3 heteroatoms. The predicted molar refractivity (Wildman–Crippen MR) is 40.0 cm³/mol. The van der Waals surface area contributed by atoms with Gasteiger partial charge in [-0.25, -0.2) is 0 Å². The molecule has 0 unspecified atom stereocenters. The monoisotopic (exact) mass is 153 g/mol. The van der Waals surface area contributed by atoms with Crippen molar-refractivity contribution in [2.45, 2.75) is 0 Å². The van der Waals surface area contributed by atoms with Gasteiger partial charge in [0.1, 0.15) is 5.15 Å². The van der Waals surface area contributed by atoms with Crippen LogP contribution in [0.1, 0.15) is 5.56 Å². The number of hydrogen-bond donors (Lipinski definition) is 1. The zero-order valence-corrected chi connectivity index (χ0v) is 5.77. The molecule has 0 aromatic carbocycles. The smallest absolute Gasteiger partial charge is 0.249 e. The molecule has 50 valence electrons. The highest BCUT2D eigenvalue weighted by Gasteiger charge is 1.94. The van der Waals surface area contributed by atoms with E-state index in [1.165, 1.54) is 12.1 Å². The van der Waals surface area contributed by atoms with E-state index in [0.717, 1.165) is 0 Å². The first-order chi connectivity index (χ1) is 4.74. The number of halogens is 1. The molecule has 0 atom stereocenters. The van der Waals surface area contributed by atoms with Gasteiger partial charge in [0.2, 0.25) is 5.56 Å². The third kappa shape index (κ3) is 1.20. The molecule has 0 spiro atoms. The molecular weight excluding hydrogens is 150 g/mol. The molecule has 0 radical (unpaired) electrons. The molecule has 0 fully saturated rings. The number of hydrogen-bond acceptors (Lipinski definition) is 1. The summed E-state index contributed by atoms with van der Waals surface area (Å²) in [4.78, 5) is 12.9. The average Bonchev–Trinajstić information content (AvgIpc) is 1.88. The van der Waals surface area contributed by atoms with Crippen molar-refractivity contribution in [2.75, 3.05) is 0 Å². The number of terminal acetylenes is 1. The average molecular weight is 154 g/mol. The molecule has 0 aliphatic heterocycles. The van der Waals surface area contributed by atoms with Gasteiger partial charge in [-0.1, -0.05) is 17.5 Å². The van der Waals surface area contributed by atoms with Crippen LogP contribution < -0.4 is 5.56 Å². The molecular formula is C7H4ClNO. The third-order valence-corrected chi connectivity index (χ3v) is 1.32. The Kier molecular flexibility index (Phi) is 1.79. The summed E-state index contributed by atoms with van der Waals surface area (Å²) in [6.07, 6.45) is 5.04. The second-order valence-electron chi connectivity index (χ2n) is 1.69.